The molecule has 0 unspecified atom stereocenters. The fraction of sp³-hybridized carbons (Fsp3) is 0.122. The fourth-order valence-electron chi connectivity index (χ4n) is 6.85. The van der Waals surface area contributed by atoms with Gasteiger partial charge in [-0.2, -0.15) is 0 Å². The van der Waals surface area contributed by atoms with Gasteiger partial charge >= 0.3 is 0 Å². The predicted octanol–water partition coefficient (Wildman–Crippen LogP) is 10.3. The van der Waals surface area contributed by atoms with Crippen LogP contribution in [0.2, 0.25) is 0 Å². The van der Waals surface area contributed by atoms with Crippen LogP contribution in [-0.4, -0.2) is 19.1 Å². The van der Waals surface area contributed by atoms with Gasteiger partial charge in [0.25, 0.3) is 0 Å². The monoisotopic (exact) mass is 582 g/mol. The molecule has 8 rings (SSSR count). The average Bonchev–Trinajstić information content (AvgIpc) is 3.56. The lowest BCUT2D eigenvalue weighted by molar-refractivity contribution is 0.774. The molecule has 5 aromatic carbocycles. The molecule has 0 amide bonds. The van der Waals surface area contributed by atoms with Crippen LogP contribution in [0.4, 0.5) is 0 Å². The Bertz CT molecular complexity index is 2300. The Balaban J connectivity index is 1.17. The van der Waals surface area contributed by atoms with Gasteiger partial charge in [-0.05, 0) is 77.6 Å². The molecule has 0 saturated carbocycles. The summed E-state index contributed by atoms with van der Waals surface area (Å²) in [4.78, 5) is 9.99. The Kier molecular flexibility index (Phi) is 6.76. The number of hydrogen-bond acceptors (Lipinski definition) is 2. The molecule has 218 valence electrons. The number of benzene rings is 5. The number of allylic oxidation sites excluding steroid dienone is 6. The number of imidazole rings is 2. The third kappa shape index (κ3) is 4.61. The van der Waals surface area contributed by atoms with Crippen LogP contribution in [0.15, 0.2) is 133 Å². The molecular weight excluding hydrogens is 548 g/mol. The lowest BCUT2D eigenvalue weighted by Crippen LogP contribution is -2.00. The van der Waals surface area contributed by atoms with Crippen molar-refractivity contribution in [2.45, 2.75) is 33.4 Å². The normalized spacial score (nSPS) is 13.4. The minimum Gasteiger partial charge on any atom is -0.324 e. The Morgan fingerprint density at radius 2 is 1.09 bits per heavy atom. The first-order valence-corrected chi connectivity index (χ1v) is 15.9. The molecule has 4 nitrogen and oxygen atoms in total. The molecule has 1 aliphatic rings. The summed E-state index contributed by atoms with van der Waals surface area (Å²) >= 11 is 0. The number of nitrogens with zero attached hydrogens (tertiary/aromatic N) is 4. The van der Waals surface area contributed by atoms with Crippen LogP contribution in [0.25, 0.3) is 66.5 Å². The Morgan fingerprint density at radius 1 is 0.533 bits per heavy atom. The van der Waals surface area contributed by atoms with Crippen molar-refractivity contribution in [1.82, 2.24) is 19.1 Å². The molecule has 0 N–H and O–H groups in total. The third-order valence-electron chi connectivity index (χ3n) is 8.99. The second-order valence-electron chi connectivity index (χ2n) is 11.5. The van der Waals surface area contributed by atoms with Crippen LogP contribution >= 0.6 is 0 Å². The van der Waals surface area contributed by atoms with Crippen molar-refractivity contribution in [3.63, 3.8) is 0 Å². The molecule has 0 aliphatic heterocycles. The van der Waals surface area contributed by atoms with Crippen molar-refractivity contribution in [2.24, 2.45) is 0 Å². The van der Waals surface area contributed by atoms with Crippen molar-refractivity contribution in [3.05, 3.63) is 145 Å². The molecule has 2 heterocycles. The molecule has 0 atom stereocenters. The van der Waals surface area contributed by atoms with E-state index in [0.29, 0.717) is 0 Å². The number of rotatable bonds is 6. The summed E-state index contributed by atoms with van der Waals surface area (Å²) in [5.41, 5.74) is 11.6. The Morgan fingerprint density at radius 3 is 1.78 bits per heavy atom. The Hall–Kier alpha value is -5.48. The van der Waals surface area contributed by atoms with E-state index in [1.54, 1.807) is 0 Å². The lowest BCUT2D eigenvalue weighted by Gasteiger charge is -2.14. The van der Waals surface area contributed by atoms with Crippen molar-refractivity contribution in [3.8, 4) is 22.5 Å². The van der Waals surface area contributed by atoms with Gasteiger partial charge in [-0.1, -0.05) is 109 Å². The molecular formula is C41H34N4. The highest BCUT2D eigenvalue weighted by atomic mass is 15.1. The molecule has 1 aliphatic carbocycles. The number of fused-ring (bicyclic) bond motifs is 3. The maximum absolute atomic E-state index is 5.02. The zero-order valence-corrected chi connectivity index (χ0v) is 25.6. The van der Waals surface area contributed by atoms with E-state index in [2.05, 4.69) is 156 Å². The maximum atomic E-state index is 5.02. The van der Waals surface area contributed by atoms with E-state index in [-0.39, 0.29) is 0 Å². The van der Waals surface area contributed by atoms with Crippen LogP contribution in [-0.2, 0) is 13.1 Å². The second-order valence-corrected chi connectivity index (χ2v) is 11.5. The summed E-state index contributed by atoms with van der Waals surface area (Å²) in [7, 11) is 0. The molecule has 45 heavy (non-hydrogen) atoms. The maximum Gasteiger partial charge on any atom is 0.141 e. The van der Waals surface area contributed by atoms with Gasteiger partial charge < -0.3 is 9.13 Å². The van der Waals surface area contributed by atoms with Crippen LogP contribution in [0, 0.1) is 0 Å². The second kappa shape index (κ2) is 11.2. The summed E-state index contributed by atoms with van der Waals surface area (Å²) in [6.07, 6.45) is 9.98. The first-order chi connectivity index (χ1) is 22.2. The number of hydrogen-bond donors (Lipinski definition) is 0. The van der Waals surface area contributed by atoms with Crippen LogP contribution < -0.4 is 0 Å². The smallest absolute Gasteiger partial charge is 0.141 e. The summed E-state index contributed by atoms with van der Waals surface area (Å²) < 4.78 is 4.61. The van der Waals surface area contributed by atoms with Gasteiger partial charge in [0.15, 0.2) is 0 Å². The van der Waals surface area contributed by atoms with Crippen LogP contribution in [0.5, 0.6) is 0 Å². The van der Waals surface area contributed by atoms with E-state index in [1.165, 1.54) is 44.1 Å². The SMILES string of the molecule is CCn1c(C2=CCC=C(c3cccc4cccc(-c5ccc(-c6nc7ccccc7n6CC)cc5)c34)C=C2)nc2ccccc21. The third-order valence-corrected chi connectivity index (χ3v) is 8.99. The van der Waals surface area contributed by atoms with Gasteiger partial charge in [0.1, 0.15) is 11.6 Å². The van der Waals surface area contributed by atoms with Crippen molar-refractivity contribution in [2.75, 3.05) is 0 Å². The fourth-order valence-corrected chi connectivity index (χ4v) is 6.85. The average molecular weight is 583 g/mol. The Labute approximate surface area is 263 Å². The molecule has 4 heteroatoms. The van der Waals surface area contributed by atoms with E-state index >= 15 is 0 Å². The van der Waals surface area contributed by atoms with Crippen molar-refractivity contribution < 1.29 is 0 Å². The number of aromatic nitrogens is 4. The van der Waals surface area contributed by atoms with Crippen molar-refractivity contribution >= 4 is 44.0 Å². The number of para-hydroxylation sites is 4. The zero-order chi connectivity index (χ0) is 30.3. The van der Waals surface area contributed by atoms with E-state index in [0.717, 1.165) is 53.3 Å². The molecule has 0 radical (unpaired) electrons. The largest absolute Gasteiger partial charge is 0.324 e. The highest BCUT2D eigenvalue weighted by Gasteiger charge is 2.16. The summed E-state index contributed by atoms with van der Waals surface area (Å²) in [5.74, 6) is 2.04. The molecule has 7 aromatic rings. The van der Waals surface area contributed by atoms with E-state index in [9.17, 15) is 0 Å². The summed E-state index contributed by atoms with van der Waals surface area (Å²) in [5, 5.41) is 2.51. The molecule has 0 fully saturated rings. The van der Waals surface area contributed by atoms with Crippen LogP contribution in [0.3, 0.4) is 0 Å². The standard InChI is InChI=1S/C41H34N4/c1-3-44-37-20-7-5-18-35(37)42-40(44)31-15-9-12-28(22-25-31)33-16-10-13-30-14-11-17-34(39(30)33)29-23-26-32(27-24-29)41-43-36-19-6-8-21-38(36)45(41)4-2/h5-8,10-27H,3-4,9H2,1-2H3. The predicted molar refractivity (Wildman–Crippen MR) is 189 cm³/mol. The van der Waals surface area contributed by atoms with Crippen LogP contribution in [0.1, 0.15) is 31.7 Å². The topological polar surface area (TPSA) is 35.6 Å². The summed E-state index contributed by atoms with van der Waals surface area (Å²) in [6.45, 7) is 6.12. The molecule has 2 aromatic heterocycles. The van der Waals surface area contributed by atoms with Crippen molar-refractivity contribution in [1.29, 1.82) is 0 Å². The highest BCUT2D eigenvalue weighted by Crippen LogP contribution is 2.37. The minimum absolute atomic E-state index is 0.844. The minimum atomic E-state index is 0.844. The zero-order valence-electron chi connectivity index (χ0n) is 25.6. The van der Waals surface area contributed by atoms with Gasteiger partial charge in [-0.15, -0.1) is 0 Å². The van der Waals surface area contributed by atoms with E-state index in [4.69, 9.17) is 9.97 Å². The lowest BCUT2D eigenvalue weighted by atomic mass is 9.90. The van der Waals surface area contributed by atoms with Gasteiger partial charge in [0.2, 0.25) is 0 Å². The molecule has 0 saturated heterocycles. The van der Waals surface area contributed by atoms with E-state index < -0.39 is 0 Å². The van der Waals surface area contributed by atoms with Gasteiger partial charge in [-0.3, -0.25) is 0 Å². The van der Waals surface area contributed by atoms with Gasteiger partial charge in [0, 0.05) is 24.2 Å². The number of aryl methyl sites for hydroxylation is 2. The first kappa shape index (κ1) is 27.1. The van der Waals surface area contributed by atoms with Gasteiger partial charge in [0.05, 0.1) is 22.1 Å². The summed E-state index contributed by atoms with van der Waals surface area (Å²) in [6, 6.07) is 39.0. The van der Waals surface area contributed by atoms with Gasteiger partial charge in [-0.25, -0.2) is 9.97 Å². The first-order valence-electron chi connectivity index (χ1n) is 15.9. The van der Waals surface area contributed by atoms with E-state index in [1.807, 2.05) is 0 Å². The highest BCUT2D eigenvalue weighted by molar-refractivity contribution is 6.05. The quantitative estimate of drug-likeness (QED) is 0.196. The molecule has 0 bridgehead atoms. The molecule has 0 spiro atoms.